The van der Waals surface area contributed by atoms with Crippen LogP contribution in [0, 0.1) is 0 Å². The molecule has 0 atom stereocenters. The molecular weight excluding hydrogens is 699 g/mol. The summed E-state index contributed by atoms with van der Waals surface area (Å²) in [6.07, 6.45) is 1.88. The molecule has 0 saturated heterocycles. The average molecular weight is 730 g/mol. The summed E-state index contributed by atoms with van der Waals surface area (Å²) in [7, 11) is 0. The standard InChI is InChI=1S/C52H31N3S/c1-2-12-40-38(28-27-37(39(40)11-1)32-19-21-34(22-20-32)44-30-36-10-9-29-53-50(36)43-15-4-3-13-41(43)44)33-23-25-35(26-24-33)48-31-45-42-14-5-8-18-49(42)56-51(45)52-54-46-16-6-7-17-47(46)55(48)52/h1-31H. The van der Waals surface area contributed by atoms with E-state index in [9.17, 15) is 0 Å². The van der Waals surface area contributed by atoms with Crippen LogP contribution in [0.4, 0.5) is 0 Å². The molecule has 4 heterocycles. The van der Waals surface area contributed by atoms with Crippen LogP contribution in [0.25, 0.3) is 114 Å². The van der Waals surface area contributed by atoms with Crippen molar-refractivity contribution in [2.24, 2.45) is 0 Å². The normalized spacial score (nSPS) is 11.9. The van der Waals surface area contributed by atoms with Gasteiger partial charge in [0.25, 0.3) is 0 Å². The number of nitrogens with zero attached hydrogens (tertiary/aromatic N) is 3. The van der Waals surface area contributed by atoms with Crippen LogP contribution in [0.2, 0.25) is 0 Å². The van der Waals surface area contributed by atoms with Crippen molar-refractivity contribution < 1.29 is 0 Å². The summed E-state index contributed by atoms with van der Waals surface area (Å²) in [5.74, 6) is 0. The first kappa shape index (κ1) is 31.2. The van der Waals surface area contributed by atoms with Gasteiger partial charge in [0.1, 0.15) is 0 Å². The minimum absolute atomic E-state index is 1.01. The van der Waals surface area contributed by atoms with Gasteiger partial charge in [-0.2, -0.15) is 0 Å². The molecule has 12 rings (SSSR count). The number of aromatic nitrogens is 3. The van der Waals surface area contributed by atoms with Crippen molar-refractivity contribution in [1.29, 1.82) is 0 Å². The van der Waals surface area contributed by atoms with E-state index in [0.717, 1.165) is 38.8 Å². The van der Waals surface area contributed by atoms with E-state index in [-0.39, 0.29) is 0 Å². The molecule has 56 heavy (non-hydrogen) atoms. The Bertz CT molecular complexity index is 3520. The first-order valence-electron chi connectivity index (χ1n) is 19.0. The van der Waals surface area contributed by atoms with Gasteiger partial charge in [-0.1, -0.05) is 146 Å². The highest BCUT2D eigenvalue weighted by Crippen LogP contribution is 2.42. The van der Waals surface area contributed by atoms with Crippen molar-refractivity contribution in [3.8, 4) is 44.6 Å². The van der Waals surface area contributed by atoms with Crippen LogP contribution in [0.5, 0.6) is 0 Å². The fourth-order valence-electron chi connectivity index (χ4n) is 8.82. The molecule has 0 aliphatic rings. The van der Waals surface area contributed by atoms with Crippen molar-refractivity contribution in [3.63, 3.8) is 0 Å². The van der Waals surface area contributed by atoms with E-state index in [1.165, 1.54) is 75.1 Å². The number of hydrogen-bond donors (Lipinski definition) is 0. The Morgan fingerprint density at radius 2 is 1.00 bits per heavy atom. The van der Waals surface area contributed by atoms with E-state index in [2.05, 4.69) is 180 Å². The third-order valence-electron chi connectivity index (χ3n) is 11.5. The first-order chi connectivity index (χ1) is 27.8. The molecule has 0 bridgehead atoms. The molecule has 0 unspecified atom stereocenters. The summed E-state index contributed by atoms with van der Waals surface area (Å²) in [5.41, 5.74) is 13.8. The summed E-state index contributed by atoms with van der Waals surface area (Å²) >= 11 is 1.83. The predicted octanol–water partition coefficient (Wildman–Crippen LogP) is 14.4. The number of thiophene rings is 1. The van der Waals surface area contributed by atoms with Gasteiger partial charge in [0.2, 0.25) is 0 Å². The highest BCUT2D eigenvalue weighted by atomic mass is 32.1. The molecule has 8 aromatic carbocycles. The Morgan fingerprint density at radius 1 is 0.429 bits per heavy atom. The number of hydrogen-bond acceptors (Lipinski definition) is 3. The van der Waals surface area contributed by atoms with E-state index >= 15 is 0 Å². The Kier molecular flexibility index (Phi) is 6.80. The van der Waals surface area contributed by atoms with Crippen LogP contribution in [0.15, 0.2) is 188 Å². The van der Waals surface area contributed by atoms with Gasteiger partial charge in [-0.25, -0.2) is 4.98 Å². The zero-order valence-electron chi connectivity index (χ0n) is 30.1. The Morgan fingerprint density at radius 3 is 1.71 bits per heavy atom. The van der Waals surface area contributed by atoms with Crippen LogP contribution >= 0.6 is 11.3 Å². The Balaban J connectivity index is 0.947. The molecule has 0 aliphatic carbocycles. The second-order valence-electron chi connectivity index (χ2n) is 14.5. The highest BCUT2D eigenvalue weighted by molar-refractivity contribution is 7.26. The number of imidazole rings is 1. The van der Waals surface area contributed by atoms with Gasteiger partial charge in [0.15, 0.2) is 5.65 Å². The lowest BCUT2D eigenvalue weighted by atomic mass is 9.90. The molecule has 0 amide bonds. The Labute approximate surface area is 326 Å². The third kappa shape index (κ3) is 4.70. The van der Waals surface area contributed by atoms with Gasteiger partial charge in [0, 0.05) is 32.4 Å². The van der Waals surface area contributed by atoms with Gasteiger partial charge in [-0.05, 0) is 91.5 Å². The molecule has 0 radical (unpaired) electrons. The summed E-state index contributed by atoms with van der Waals surface area (Å²) in [6, 6.07) is 66.1. The zero-order valence-corrected chi connectivity index (χ0v) is 31.0. The number of rotatable bonds is 4. The van der Waals surface area contributed by atoms with Gasteiger partial charge in [-0.15, -0.1) is 11.3 Å². The lowest BCUT2D eigenvalue weighted by Crippen LogP contribution is -1.93. The zero-order chi connectivity index (χ0) is 36.7. The molecule has 0 saturated carbocycles. The smallest absolute Gasteiger partial charge is 0.156 e. The largest absolute Gasteiger partial charge is 0.291 e. The molecule has 4 aromatic heterocycles. The highest BCUT2D eigenvalue weighted by Gasteiger charge is 2.18. The Hall–Kier alpha value is -7.14. The van der Waals surface area contributed by atoms with E-state index in [0.29, 0.717) is 0 Å². The number of fused-ring (bicyclic) bond motifs is 11. The quantitative estimate of drug-likeness (QED) is 0.169. The number of pyridine rings is 2. The van der Waals surface area contributed by atoms with E-state index in [1.54, 1.807) is 0 Å². The van der Waals surface area contributed by atoms with Crippen LogP contribution in [0.1, 0.15) is 0 Å². The maximum absolute atomic E-state index is 5.17. The maximum atomic E-state index is 5.17. The van der Waals surface area contributed by atoms with E-state index < -0.39 is 0 Å². The fraction of sp³-hybridized carbons (Fsp3) is 0. The van der Waals surface area contributed by atoms with Crippen molar-refractivity contribution >= 4 is 80.6 Å². The molecule has 260 valence electrons. The second-order valence-corrected chi connectivity index (χ2v) is 15.6. The van der Waals surface area contributed by atoms with Crippen LogP contribution < -0.4 is 0 Å². The van der Waals surface area contributed by atoms with E-state index in [4.69, 9.17) is 9.97 Å². The van der Waals surface area contributed by atoms with Gasteiger partial charge >= 0.3 is 0 Å². The monoisotopic (exact) mass is 729 g/mol. The lowest BCUT2D eigenvalue weighted by Gasteiger charge is -2.14. The predicted molar refractivity (Wildman–Crippen MR) is 238 cm³/mol. The minimum Gasteiger partial charge on any atom is -0.291 e. The van der Waals surface area contributed by atoms with Gasteiger partial charge in [-0.3, -0.25) is 9.38 Å². The first-order valence-corrected chi connectivity index (χ1v) is 19.8. The van der Waals surface area contributed by atoms with Gasteiger partial charge < -0.3 is 0 Å². The van der Waals surface area contributed by atoms with Crippen LogP contribution in [-0.4, -0.2) is 14.4 Å². The van der Waals surface area contributed by atoms with Crippen molar-refractivity contribution in [2.45, 2.75) is 0 Å². The molecular formula is C52H31N3S. The summed E-state index contributed by atoms with van der Waals surface area (Å²) in [5, 5.41) is 8.57. The van der Waals surface area contributed by atoms with Crippen molar-refractivity contribution in [2.75, 3.05) is 0 Å². The number of para-hydroxylation sites is 2. The summed E-state index contributed by atoms with van der Waals surface area (Å²) in [4.78, 5) is 9.88. The molecule has 0 fully saturated rings. The number of benzene rings is 8. The van der Waals surface area contributed by atoms with Crippen LogP contribution in [0.3, 0.4) is 0 Å². The fourth-order valence-corrected chi connectivity index (χ4v) is 9.98. The molecule has 4 heteroatoms. The molecule has 0 spiro atoms. The molecule has 0 N–H and O–H groups in total. The topological polar surface area (TPSA) is 30.2 Å². The van der Waals surface area contributed by atoms with E-state index in [1.807, 2.05) is 23.6 Å². The maximum Gasteiger partial charge on any atom is 0.156 e. The SMILES string of the molecule is c1cnc2c(c1)cc(-c1ccc(-c3ccc(-c4ccc(-c5cc6c7ccccc7sc6c6nc7ccccc7n56)cc4)c4ccccc34)cc1)c1ccccc12. The molecule has 3 nitrogen and oxygen atoms in total. The second kappa shape index (κ2) is 12.2. The van der Waals surface area contributed by atoms with Crippen LogP contribution in [-0.2, 0) is 0 Å². The van der Waals surface area contributed by atoms with Gasteiger partial charge in [0.05, 0.1) is 26.9 Å². The van der Waals surface area contributed by atoms with Crippen molar-refractivity contribution in [1.82, 2.24) is 14.4 Å². The summed E-state index contributed by atoms with van der Waals surface area (Å²) in [6.45, 7) is 0. The molecule has 0 aliphatic heterocycles. The molecule has 12 aromatic rings. The van der Waals surface area contributed by atoms with Crippen molar-refractivity contribution in [3.05, 3.63) is 188 Å². The summed E-state index contributed by atoms with van der Waals surface area (Å²) < 4.78 is 4.85. The average Bonchev–Trinajstić information content (AvgIpc) is 3.85. The minimum atomic E-state index is 1.01. The lowest BCUT2D eigenvalue weighted by molar-refractivity contribution is 1.25. The third-order valence-corrected chi connectivity index (χ3v) is 12.6.